The van der Waals surface area contributed by atoms with Crippen LogP contribution in [0, 0.1) is 6.92 Å². The number of carbonyl (C=O) groups is 2. The van der Waals surface area contributed by atoms with Gasteiger partial charge in [0.25, 0.3) is 0 Å². The van der Waals surface area contributed by atoms with E-state index in [-0.39, 0.29) is 0 Å². The first kappa shape index (κ1) is 24.0. The van der Waals surface area contributed by atoms with Crippen LogP contribution < -0.4 is 5.32 Å². The van der Waals surface area contributed by atoms with Gasteiger partial charge in [-0.2, -0.15) is 0 Å². The molecule has 35 heavy (non-hydrogen) atoms. The molecule has 2 heterocycles. The minimum absolute atomic E-state index is 0.357. The van der Waals surface area contributed by atoms with E-state index in [4.69, 9.17) is 25.6 Å². The molecular formula is C26H22ClN3O5. The SMILES string of the molecule is COC(=O)c1ccnc(-c2cccc(-c3onc(C)c3NC(=O)OC(C)c3ccccc3Cl)c2)c1. The number of nitrogens with zero attached hydrogens (tertiary/aromatic N) is 2. The van der Waals surface area contributed by atoms with Crippen LogP contribution in [0.5, 0.6) is 0 Å². The molecule has 1 unspecified atom stereocenters. The van der Waals surface area contributed by atoms with Crippen molar-refractivity contribution in [2.24, 2.45) is 0 Å². The summed E-state index contributed by atoms with van der Waals surface area (Å²) in [7, 11) is 1.32. The second kappa shape index (κ2) is 10.4. The maximum atomic E-state index is 12.7. The minimum atomic E-state index is -0.673. The Hall–Kier alpha value is -4.17. The van der Waals surface area contributed by atoms with Crippen molar-refractivity contribution in [1.29, 1.82) is 0 Å². The molecule has 4 rings (SSSR count). The van der Waals surface area contributed by atoms with Crippen LogP contribution in [0.25, 0.3) is 22.6 Å². The number of carbonyl (C=O) groups excluding carboxylic acids is 2. The van der Waals surface area contributed by atoms with E-state index in [9.17, 15) is 9.59 Å². The van der Waals surface area contributed by atoms with Crippen molar-refractivity contribution >= 4 is 29.4 Å². The molecule has 0 aliphatic carbocycles. The number of hydrogen-bond donors (Lipinski definition) is 1. The summed E-state index contributed by atoms with van der Waals surface area (Å²) < 4.78 is 15.8. The molecule has 2 aromatic carbocycles. The first-order valence-electron chi connectivity index (χ1n) is 10.7. The average molecular weight is 492 g/mol. The molecule has 4 aromatic rings. The summed E-state index contributed by atoms with van der Waals surface area (Å²) in [5.74, 6) is -0.0949. The fraction of sp³-hybridized carbons (Fsp3) is 0.154. The third-order valence-corrected chi connectivity index (χ3v) is 5.66. The number of esters is 1. The Morgan fingerprint density at radius 3 is 2.60 bits per heavy atom. The highest BCUT2D eigenvalue weighted by Crippen LogP contribution is 2.34. The number of benzene rings is 2. The summed E-state index contributed by atoms with van der Waals surface area (Å²) in [5, 5.41) is 7.25. The molecule has 0 aliphatic rings. The van der Waals surface area contributed by atoms with Gasteiger partial charge in [-0.3, -0.25) is 10.3 Å². The van der Waals surface area contributed by atoms with Crippen LogP contribution in [0.2, 0.25) is 5.02 Å². The highest BCUT2D eigenvalue weighted by Gasteiger charge is 2.21. The zero-order valence-electron chi connectivity index (χ0n) is 19.2. The van der Waals surface area contributed by atoms with E-state index in [1.165, 1.54) is 13.3 Å². The van der Waals surface area contributed by atoms with Gasteiger partial charge in [0.05, 0.1) is 18.4 Å². The Balaban J connectivity index is 1.58. The van der Waals surface area contributed by atoms with E-state index in [1.54, 1.807) is 44.2 Å². The van der Waals surface area contributed by atoms with Crippen LogP contribution in [0.1, 0.15) is 34.6 Å². The van der Waals surface area contributed by atoms with Gasteiger partial charge in [0.15, 0.2) is 5.76 Å². The van der Waals surface area contributed by atoms with Crippen LogP contribution in [0.15, 0.2) is 71.4 Å². The number of nitrogens with one attached hydrogen (secondary N) is 1. The van der Waals surface area contributed by atoms with Gasteiger partial charge in [-0.15, -0.1) is 0 Å². The lowest BCUT2D eigenvalue weighted by Gasteiger charge is -2.15. The molecule has 0 saturated carbocycles. The smallest absolute Gasteiger partial charge is 0.412 e. The topological polar surface area (TPSA) is 104 Å². The number of aromatic nitrogens is 2. The van der Waals surface area contributed by atoms with Crippen molar-refractivity contribution in [3.63, 3.8) is 0 Å². The van der Waals surface area contributed by atoms with Crippen molar-refractivity contribution in [3.05, 3.63) is 88.7 Å². The van der Waals surface area contributed by atoms with Gasteiger partial charge in [0.2, 0.25) is 0 Å². The number of methoxy groups -OCH3 is 1. The Bertz CT molecular complexity index is 1380. The number of halogens is 1. The molecule has 0 radical (unpaired) electrons. The van der Waals surface area contributed by atoms with Gasteiger partial charge in [0.1, 0.15) is 17.5 Å². The lowest BCUT2D eigenvalue weighted by molar-refractivity contribution is 0.0600. The molecule has 0 fully saturated rings. The molecule has 1 atom stereocenters. The number of rotatable bonds is 6. The van der Waals surface area contributed by atoms with E-state index in [0.717, 1.165) is 5.56 Å². The van der Waals surface area contributed by atoms with Crippen molar-refractivity contribution < 1.29 is 23.6 Å². The lowest BCUT2D eigenvalue weighted by Crippen LogP contribution is -2.17. The molecule has 8 nitrogen and oxygen atoms in total. The number of amides is 1. The van der Waals surface area contributed by atoms with E-state index in [2.05, 4.69) is 15.5 Å². The summed E-state index contributed by atoms with van der Waals surface area (Å²) in [4.78, 5) is 28.9. The van der Waals surface area contributed by atoms with Crippen LogP contribution in [-0.2, 0) is 9.47 Å². The fourth-order valence-corrected chi connectivity index (χ4v) is 3.82. The van der Waals surface area contributed by atoms with Crippen LogP contribution >= 0.6 is 11.6 Å². The number of ether oxygens (including phenoxy) is 2. The Morgan fingerprint density at radius 2 is 1.83 bits per heavy atom. The summed E-state index contributed by atoms with van der Waals surface area (Å²) in [5.41, 5.74) is 3.92. The van der Waals surface area contributed by atoms with Crippen molar-refractivity contribution in [2.75, 3.05) is 12.4 Å². The van der Waals surface area contributed by atoms with Crippen molar-refractivity contribution in [1.82, 2.24) is 10.1 Å². The third-order valence-electron chi connectivity index (χ3n) is 5.32. The highest BCUT2D eigenvalue weighted by molar-refractivity contribution is 6.31. The molecule has 9 heteroatoms. The van der Waals surface area contributed by atoms with Gasteiger partial charge < -0.3 is 14.0 Å². The Morgan fingerprint density at radius 1 is 1.06 bits per heavy atom. The predicted molar refractivity (Wildman–Crippen MR) is 131 cm³/mol. The third kappa shape index (κ3) is 5.33. The number of hydrogen-bond acceptors (Lipinski definition) is 7. The molecule has 1 amide bonds. The molecule has 2 aromatic heterocycles. The summed E-state index contributed by atoms with van der Waals surface area (Å²) in [6.07, 6.45) is 0.299. The van der Waals surface area contributed by atoms with Crippen molar-refractivity contribution in [3.8, 4) is 22.6 Å². The normalized spacial score (nSPS) is 11.5. The maximum Gasteiger partial charge on any atom is 0.412 e. The quantitative estimate of drug-likeness (QED) is 0.308. The Kier molecular flexibility index (Phi) is 7.12. The molecule has 178 valence electrons. The highest BCUT2D eigenvalue weighted by atomic mass is 35.5. The molecule has 0 spiro atoms. The van der Waals surface area contributed by atoms with E-state index in [0.29, 0.717) is 44.5 Å². The maximum absolute atomic E-state index is 12.7. The standard InChI is InChI=1S/C26H22ClN3O5/c1-15-23(29-26(32)34-16(2)20-9-4-5-10-21(20)27)24(35-30-15)18-8-6-7-17(13-18)22-14-19(11-12-28-22)25(31)33-3/h4-14,16H,1-3H3,(H,29,32). The van der Waals surface area contributed by atoms with E-state index >= 15 is 0 Å². The largest absolute Gasteiger partial charge is 0.465 e. The summed E-state index contributed by atoms with van der Waals surface area (Å²) >= 11 is 6.21. The Labute approximate surface area is 206 Å². The van der Waals surface area contributed by atoms with E-state index < -0.39 is 18.2 Å². The first-order valence-corrected chi connectivity index (χ1v) is 11.1. The van der Waals surface area contributed by atoms with Gasteiger partial charge in [0, 0.05) is 27.9 Å². The van der Waals surface area contributed by atoms with Crippen LogP contribution in [0.4, 0.5) is 10.5 Å². The minimum Gasteiger partial charge on any atom is -0.465 e. The second-order valence-corrected chi connectivity index (χ2v) is 8.08. The van der Waals surface area contributed by atoms with Gasteiger partial charge in [-0.25, -0.2) is 9.59 Å². The number of anilines is 1. The second-order valence-electron chi connectivity index (χ2n) is 7.67. The number of aryl methyl sites for hydroxylation is 1. The predicted octanol–water partition coefficient (Wildman–Crippen LogP) is 6.46. The van der Waals surface area contributed by atoms with Crippen LogP contribution in [-0.4, -0.2) is 29.3 Å². The molecule has 1 N–H and O–H groups in total. The zero-order chi connectivity index (χ0) is 24.9. The summed E-state index contributed by atoms with van der Waals surface area (Å²) in [6.45, 7) is 3.45. The zero-order valence-corrected chi connectivity index (χ0v) is 20.0. The average Bonchev–Trinajstić information content (AvgIpc) is 3.23. The van der Waals surface area contributed by atoms with Crippen molar-refractivity contribution in [2.45, 2.75) is 20.0 Å². The molecule has 0 saturated heterocycles. The first-order chi connectivity index (χ1) is 16.9. The monoisotopic (exact) mass is 491 g/mol. The van der Waals surface area contributed by atoms with E-state index in [1.807, 2.05) is 30.3 Å². The molecule has 0 aliphatic heterocycles. The van der Waals surface area contributed by atoms with Gasteiger partial charge in [-0.1, -0.05) is 53.2 Å². The number of pyridine rings is 1. The molecule has 0 bridgehead atoms. The van der Waals surface area contributed by atoms with Crippen LogP contribution in [0.3, 0.4) is 0 Å². The summed E-state index contributed by atoms with van der Waals surface area (Å²) in [6, 6.07) is 17.7. The molecular weight excluding hydrogens is 470 g/mol. The van der Waals surface area contributed by atoms with Gasteiger partial charge >= 0.3 is 12.1 Å². The van der Waals surface area contributed by atoms with Gasteiger partial charge in [-0.05, 0) is 38.1 Å². The lowest BCUT2D eigenvalue weighted by atomic mass is 10.0. The fourth-order valence-electron chi connectivity index (χ4n) is 3.53.